The highest BCUT2D eigenvalue weighted by atomic mass is 32.1. The number of ether oxygens (including phenoxy) is 1. The van der Waals surface area contributed by atoms with Crippen molar-refractivity contribution >= 4 is 28.8 Å². The zero-order valence-corrected chi connectivity index (χ0v) is 16.8. The number of esters is 1. The molecule has 3 aromatic rings. The Morgan fingerprint density at radius 3 is 2.64 bits per heavy atom. The molecule has 1 aliphatic heterocycles. The van der Waals surface area contributed by atoms with Gasteiger partial charge in [-0.3, -0.25) is 4.99 Å². The molecule has 0 saturated heterocycles. The van der Waals surface area contributed by atoms with Crippen molar-refractivity contribution < 1.29 is 9.53 Å². The second-order valence-electron chi connectivity index (χ2n) is 7.03. The number of aromatic nitrogens is 1. The summed E-state index contributed by atoms with van der Waals surface area (Å²) in [6.45, 7) is 6.37. The Balaban J connectivity index is 1.60. The number of para-hydroxylation sites is 1. The van der Waals surface area contributed by atoms with Crippen LogP contribution in [0.1, 0.15) is 41.7 Å². The average molecular weight is 391 g/mol. The molecule has 2 aromatic carbocycles. The lowest BCUT2D eigenvalue weighted by atomic mass is 9.92. The third kappa shape index (κ3) is 3.43. The van der Waals surface area contributed by atoms with Gasteiger partial charge in [-0.05, 0) is 39.0 Å². The summed E-state index contributed by atoms with van der Waals surface area (Å²) in [4.78, 5) is 21.5. The van der Waals surface area contributed by atoms with Gasteiger partial charge in [0.1, 0.15) is 0 Å². The van der Waals surface area contributed by atoms with Crippen molar-refractivity contribution in [2.24, 2.45) is 4.99 Å². The molecule has 0 amide bonds. The molecule has 5 nitrogen and oxygen atoms in total. The summed E-state index contributed by atoms with van der Waals surface area (Å²) in [7, 11) is 0. The number of carbonyl (C=O) groups excluding carboxylic acids is 1. The average Bonchev–Trinajstić information content (AvgIpc) is 3.18. The minimum absolute atomic E-state index is 0.310. The highest BCUT2D eigenvalue weighted by Crippen LogP contribution is 2.36. The van der Waals surface area contributed by atoms with Gasteiger partial charge in [-0.15, -0.1) is 11.3 Å². The SMILES string of the molecule is CCOC(=O)c1ccc(-c2csc(C3=NC(C)(C)c4ccccc4N3)n2)cc1. The third-order valence-corrected chi connectivity index (χ3v) is 5.48. The Hall–Kier alpha value is -2.99. The van der Waals surface area contributed by atoms with E-state index >= 15 is 0 Å². The van der Waals surface area contributed by atoms with E-state index in [-0.39, 0.29) is 11.5 Å². The van der Waals surface area contributed by atoms with Crippen LogP contribution in [0.3, 0.4) is 0 Å². The Morgan fingerprint density at radius 2 is 1.89 bits per heavy atom. The van der Waals surface area contributed by atoms with Crippen molar-refractivity contribution in [3.63, 3.8) is 0 Å². The van der Waals surface area contributed by atoms with Gasteiger partial charge in [0.05, 0.1) is 23.4 Å². The van der Waals surface area contributed by atoms with Crippen molar-refractivity contribution in [3.8, 4) is 11.3 Å². The first-order chi connectivity index (χ1) is 13.5. The van der Waals surface area contributed by atoms with Crippen LogP contribution in [0.2, 0.25) is 0 Å². The van der Waals surface area contributed by atoms with Crippen molar-refractivity contribution in [3.05, 3.63) is 70.0 Å². The molecule has 1 aliphatic rings. The molecule has 0 bridgehead atoms. The molecule has 1 aromatic heterocycles. The molecule has 0 atom stereocenters. The van der Waals surface area contributed by atoms with E-state index in [1.54, 1.807) is 30.4 Å². The standard InChI is InChI=1S/C22H21N3O2S/c1-4-27-21(26)15-11-9-14(10-12-15)18-13-28-20(24-18)19-23-17-8-6-5-7-16(17)22(2,3)25-19/h5-13H,4H2,1-3H3,(H,23,25). The number of nitrogens with one attached hydrogen (secondary N) is 1. The Labute approximate surface area is 168 Å². The van der Waals surface area contributed by atoms with Gasteiger partial charge in [0.2, 0.25) is 0 Å². The van der Waals surface area contributed by atoms with E-state index in [0.29, 0.717) is 12.2 Å². The number of rotatable bonds is 4. The first-order valence-electron chi connectivity index (χ1n) is 9.18. The lowest BCUT2D eigenvalue weighted by Crippen LogP contribution is -2.29. The molecule has 142 valence electrons. The van der Waals surface area contributed by atoms with Crippen molar-refractivity contribution in [2.45, 2.75) is 26.3 Å². The largest absolute Gasteiger partial charge is 0.462 e. The zero-order valence-electron chi connectivity index (χ0n) is 16.0. The zero-order chi connectivity index (χ0) is 19.7. The number of amidine groups is 1. The molecule has 0 spiro atoms. The van der Waals surface area contributed by atoms with Gasteiger partial charge in [0.15, 0.2) is 10.8 Å². The van der Waals surface area contributed by atoms with Crippen LogP contribution < -0.4 is 5.32 Å². The summed E-state index contributed by atoms with van der Waals surface area (Å²) in [6.07, 6.45) is 0. The fourth-order valence-corrected chi connectivity index (χ4v) is 4.00. The summed E-state index contributed by atoms with van der Waals surface area (Å²) >= 11 is 1.55. The van der Waals surface area contributed by atoms with E-state index in [1.807, 2.05) is 29.6 Å². The Kier molecular flexibility index (Phi) is 4.73. The second-order valence-corrected chi connectivity index (χ2v) is 7.88. The van der Waals surface area contributed by atoms with Gasteiger partial charge in [-0.2, -0.15) is 0 Å². The van der Waals surface area contributed by atoms with Crippen LogP contribution in [0.25, 0.3) is 11.3 Å². The van der Waals surface area contributed by atoms with Gasteiger partial charge in [0.25, 0.3) is 0 Å². The van der Waals surface area contributed by atoms with E-state index in [2.05, 4.69) is 31.3 Å². The van der Waals surface area contributed by atoms with Crippen LogP contribution in [0.15, 0.2) is 58.9 Å². The third-order valence-electron chi connectivity index (χ3n) is 4.63. The van der Waals surface area contributed by atoms with Crippen LogP contribution in [0.5, 0.6) is 0 Å². The van der Waals surface area contributed by atoms with E-state index in [1.165, 1.54) is 5.56 Å². The lowest BCUT2D eigenvalue weighted by Gasteiger charge is -2.30. The van der Waals surface area contributed by atoms with Gasteiger partial charge in [0, 0.05) is 22.2 Å². The minimum atomic E-state index is -0.315. The monoisotopic (exact) mass is 391 g/mol. The fourth-order valence-electron chi connectivity index (χ4n) is 3.23. The number of aliphatic imine (C=N–C) groups is 1. The van der Waals surface area contributed by atoms with Crippen LogP contribution in [-0.2, 0) is 10.3 Å². The van der Waals surface area contributed by atoms with Gasteiger partial charge < -0.3 is 10.1 Å². The first-order valence-corrected chi connectivity index (χ1v) is 10.1. The molecule has 6 heteroatoms. The maximum absolute atomic E-state index is 11.8. The topological polar surface area (TPSA) is 63.6 Å². The summed E-state index contributed by atoms with van der Waals surface area (Å²) in [5, 5.41) is 6.25. The molecule has 2 heterocycles. The summed E-state index contributed by atoms with van der Waals surface area (Å²) in [5.41, 5.74) is 4.27. The Morgan fingerprint density at radius 1 is 1.14 bits per heavy atom. The number of thiazole rings is 1. The number of nitrogens with zero attached hydrogens (tertiary/aromatic N) is 2. The van der Waals surface area contributed by atoms with Crippen LogP contribution in [0, 0.1) is 0 Å². The predicted molar refractivity (Wildman–Crippen MR) is 113 cm³/mol. The molecule has 0 radical (unpaired) electrons. The van der Waals surface area contributed by atoms with Crippen LogP contribution in [-0.4, -0.2) is 23.4 Å². The minimum Gasteiger partial charge on any atom is -0.462 e. The molecule has 4 rings (SSSR count). The molecule has 0 saturated carbocycles. The number of anilines is 1. The molecule has 0 unspecified atom stereocenters. The van der Waals surface area contributed by atoms with E-state index in [9.17, 15) is 4.79 Å². The number of fused-ring (bicyclic) bond motifs is 1. The molecule has 28 heavy (non-hydrogen) atoms. The van der Waals surface area contributed by atoms with Gasteiger partial charge >= 0.3 is 5.97 Å². The van der Waals surface area contributed by atoms with Crippen LogP contribution >= 0.6 is 11.3 Å². The normalized spacial score (nSPS) is 14.6. The highest BCUT2D eigenvalue weighted by Gasteiger charge is 2.29. The second kappa shape index (κ2) is 7.20. The van der Waals surface area contributed by atoms with E-state index in [0.717, 1.165) is 27.8 Å². The number of hydrogen-bond donors (Lipinski definition) is 1. The lowest BCUT2D eigenvalue weighted by molar-refractivity contribution is 0.0526. The van der Waals surface area contributed by atoms with Gasteiger partial charge in [-0.1, -0.05) is 30.3 Å². The predicted octanol–water partition coefficient (Wildman–Crippen LogP) is 5.09. The highest BCUT2D eigenvalue weighted by molar-refractivity contribution is 7.12. The molecule has 0 aliphatic carbocycles. The number of benzene rings is 2. The molecular formula is C22H21N3O2S. The fraction of sp³-hybridized carbons (Fsp3) is 0.227. The van der Waals surface area contributed by atoms with Gasteiger partial charge in [-0.25, -0.2) is 9.78 Å². The quantitative estimate of drug-likeness (QED) is 0.629. The van der Waals surface area contributed by atoms with Crippen molar-refractivity contribution in [2.75, 3.05) is 11.9 Å². The van der Waals surface area contributed by atoms with Crippen LogP contribution in [0.4, 0.5) is 5.69 Å². The maximum Gasteiger partial charge on any atom is 0.338 e. The van der Waals surface area contributed by atoms with E-state index < -0.39 is 0 Å². The summed E-state index contributed by atoms with van der Waals surface area (Å²) in [5.74, 6) is 0.470. The molecule has 1 N–H and O–H groups in total. The summed E-state index contributed by atoms with van der Waals surface area (Å²) in [6, 6.07) is 15.5. The van der Waals surface area contributed by atoms with Crippen molar-refractivity contribution in [1.29, 1.82) is 0 Å². The maximum atomic E-state index is 11.8. The van der Waals surface area contributed by atoms with Crippen molar-refractivity contribution in [1.82, 2.24) is 4.98 Å². The number of carbonyl (C=O) groups is 1. The summed E-state index contributed by atoms with van der Waals surface area (Å²) < 4.78 is 5.03. The Bertz CT molecular complexity index is 1050. The van der Waals surface area contributed by atoms with E-state index in [4.69, 9.17) is 14.7 Å². The molecule has 0 fully saturated rings. The first kappa shape index (κ1) is 18.4. The molecular weight excluding hydrogens is 370 g/mol. The smallest absolute Gasteiger partial charge is 0.338 e. The number of hydrogen-bond acceptors (Lipinski definition) is 6.